The monoisotopic (exact) mass is 437 g/mol. The second-order valence-corrected chi connectivity index (χ2v) is 6.99. The van der Waals surface area contributed by atoms with Crippen LogP contribution < -0.4 is 16.0 Å². The lowest BCUT2D eigenvalue weighted by Gasteiger charge is -2.31. The zero-order chi connectivity index (χ0) is 22.6. The van der Waals surface area contributed by atoms with Crippen LogP contribution in [0.4, 0.5) is 30.2 Å². The van der Waals surface area contributed by atoms with E-state index in [0.29, 0.717) is 37.6 Å². The minimum Gasteiger partial charge on any atom is -0.452 e. The number of halogens is 3. The van der Waals surface area contributed by atoms with Crippen molar-refractivity contribution < 1.29 is 32.2 Å². The number of nitrogens with two attached hydrogens (primary N) is 1. The lowest BCUT2D eigenvalue weighted by molar-refractivity contribution is -0.137. The molecule has 1 aliphatic rings. The van der Waals surface area contributed by atoms with Gasteiger partial charge in [0.2, 0.25) is 0 Å². The normalized spacial score (nSPS) is 14.3. The van der Waals surface area contributed by atoms with E-state index < -0.39 is 30.2 Å². The van der Waals surface area contributed by atoms with Crippen LogP contribution in [0.5, 0.6) is 0 Å². The van der Waals surface area contributed by atoms with Gasteiger partial charge in [-0.05, 0) is 36.8 Å². The second-order valence-electron chi connectivity index (χ2n) is 6.99. The third kappa shape index (κ3) is 5.46. The Kier molecular flexibility index (Phi) is 6.69. The number of anilines is 3. The van der Waals surface area contributed by atoms with Crippen LogP contribution in [0.2, 0.25) is 0 Å². The molecule has 0 aliphatic carbocycles. The standard InChI is InChI=1S/C21H22F3N3O4/c1-13-3-2-4-15(19(13)25)20(29)31-12-18(28)26-16-11-14(21(22,23)24)5-6-17(16)27-7-9-30-10-8-27/h2-6,11H,7-10,12,25H2,1H3,(H,26,28). The van der Waals surface area contributed by atoms with E-state index in [1.54, 1.807) is 19.1 Å². The molecule has 7 nitrogen and oxygen atoms in total. The molecule has 0 aromatic heterocycles. The number of nitrogens with one attached hydrogen (secondary N) is 1. The number of aryl methyl sites for hydroxylation is 1. The highest BCUT2D eigenvalue weighted by Crippen LogP contribution is 2.35. The maximum atomic E-state index is 13.2. The topological polar surface area (TPSA) is 93.9 Å². The number of amides is 1. The molecular weight excluding hydrogens is 415 g/mol. The maximum Gasteiger partial charge on any atom is 0.416 e. The Balaban J connectivity index is 1.74. The number of para-hydroxylation sites is 1. The van der Waals surface area contributed by atoms with Crippen molar-refractivity contribution in [3.05, 3.63) is 53.1 Å². The van der Waals surface area contributed by atoms with E-state index in [4.69, 9.17) is 15.2 Å². The van der Waals surface area contributed by atoms with Crippen molar-refractivity contribution in [1.82, 2.24) is 0 Å². The number of carbonyl (C=O) groups excluding carboxylic acids is 2. The van der Waals surface area contributed by atoms with Gasteiger partial charge in [0, 0.05) is 18.8 Å². The van der Waals surface area contributed by atoms with E-state index in [9.17, 15) is 22.8 Å². The van der Waals surface area contributed by atoms with E-state index in [-0.39, 0.29) is 16.9 Å². The molecule has 166 valence electrons. The Bertz CT molecular complexity index is 973. The van der Waals surface area contributed by atoms with Gasteiger partial charge in [-0.25, -0.2) is 4.79 Å². The number of nitrogens with zero attached hydrogens (tertiary/aromatic N) is 1. The highest BCUT2D eigenvalue weighted by atomic mass is 19.4. The smallest absolute Gasteiger partial charge is 0.416 e. The Labute approximate surface area is 176 Å². The maximum absolute atomic E-state index is 13.2. The van der Waals surface area contributed by atoms with Crippen LogP contribution in [0.15, 0.2) is 36.4 Å². The molecule has 1 saturated heterocycles. The minimum atomic E-state index is -4.57. The fourth-order valence-electron chi connectivity index (χ4n) is 3.15. The van der Waals surface area contributed by atoms with Gasteiger partial charge in [0.1, 0.15) is 0 Å². The van der Waals surface area contributed by atoms with E-state index in [0.717, 1.165) is 12.1 Å². The Morgan fingerprint density at radius 2 is 1.90 bits per heavy atom. The average molecular weight is 437 g/mol. The fourth-order valence-corrected chi connectivity index (χ4v) is 3.15. The summed E-state index contributed by atoms with van der Waals surface area (Å²) in [5, 5.41) is 2.42. The number of esters is 1. The summed E-state index contributed by atoms with van der Waals surface area (Å²) in [6.07, 6.45) is -4.57. The van der Waals surface area contributed by atoms with Crippen LogP contribution in [0, 0.1) is 6.92 Å². The molecule has 0 saturated carbocycles. The summed E-state index contributed by atoms with van der Waals surface area (Å²) in [7, 11) is 0. The van der Waals surface area contributed by atoms with E-state index >= 15 is 0 Å². The molecule has 1 heterocycles. The van der Waals surface area contributed by atoms with Crippen LogP contribution in [0.25, 0.3) is 0 Å². The summed E-state index contributed by atoms with van der Waals surface area (Å²) in [5.74, 6) is -1.57. The lowest BCUT2D eigenvalue weighted by Crippen LogP contribution is -2.37. The molecule has 2 aromatic carbocycles. The first-order chi connectivity index (χ1) is 14.7. The SMILES string of the molecule is Cc1cccc(C(=O)OCC(=O)Nc2cc(C(F)(F)F)ccc2N2CCOCC2)c1N. The van der Waals surface area contributed by atoms with Gasteiger partial charge in [-0.1, -0.05) is 12.1 Å². The van der Waals surface area contributed by atoms with Crippen molar-refractivity contribution in [2.24, 2.45) is 0 Å². The highest BCUT2D eigenvalue weighted by molar-refractivity contribution is 5.99. The van der Waals surface area contributed by atoms with Crippen LogP contribution in [-0.2, 0) is 20.4 Å². The molecule has 31 heavy (non-hydrogen) atoms. The highest BCUT2D eigenvalue weighted by Gasteiger charge is 2.32. The molecular formula is C21H22F3N3O4. The predicted molar refractivity (Wildman–Crippen MR) is 109 cm³/mol. The van der Waals surface area contributed by atoms with Gasteiger partial charge < -0.3 is 25.4 Å². The molecule has 0 unspecified atom stereocenters. The van der Waals surface area contributed by atoms with Crippen LogP contribution in [0.1, 0.15) is 21.5 Å². The molecule has 0 atom stereocenters. The first-order valence-electron chi connectivity index (χ1n) is 9.53. The van der Waals surface area contributed by atoms with Crippen molar-refractivity contribution in [3.8, 4) is 0 Å². The van der Waals surface area contributed by atoms with Crippen LogP contribution >= 0.6 is 0 Å². The number of benzene rings is 2. The van der Waals surface area contributed by atoms with Gasteiger partial charge in [-0.2, -0.15) is 13.2 Å². The lowest BCUT2D eigenvalue weighted by atomic mass is 10.1. The van der Waals surface area contributed by atoms with Gasteiger partial charge in [0.15, 0.2) is 6.61 Å². The van der Waals surface area contributed by atoms with Crippen molar-refractivity contribution in [1.29, 1.82) is 0 Å². The molecule has 3 rings (SSSR count). The number of ether oxygens (including phenoxy) is 2. The van der Waals surface area contributed by atoms with Crippen molar-refractivity contribution in [3.63, 3.8) is 0 Å². The number of morpholine rings is 1. The Hall–Kier alpha value is -3.27. The molecule has 0 bridgehead atoms. The summed E-state index contributed by atoms with van der Waals surface area (Å²) < 4.78 is 49.8. The van der Waals surface area contributed by atoms with Crippen molar-refractivity contribution in [2.75, 3.05) is 48.9 Å². The summed E-state index contributed by atoms with van der Waals surface area (Å²) in [5.41, 5.74) is 6.39. The molecule has 1 amide bonds. The zero-order valence-corrected chi connectivity index (χ0v) is 16.8. The van der Waals surface area contributed by atoms with Gasteiger partial charge >= 0.3 is 12.1 Å². The molecule has 3 N–H and O–H groups in total. The van der Waals surface area contributed by atoms with Gasteiger partial charge in [-0.3, -0.25) is 4.79 Å². The van der Waals surface area contributed by atoms with Gasteiger partial charge in [0.05, 0.1) is 35.7 Å². The van der Waals surface area contributed by atoms with Crippen LogP contribution in [0.3, 0.4) is 0 Å². The molecule has 1 aliphatic heterocycles. The summed E-state index contributed by atoms with van der Waals surface area (Å²) in [4.78, 5) is 26.4. The number of hydrogen-bond acceptors (Lipinski definition) is 6. The summed E-state index contributed by atoms with van der Waals surface area (Å²) in [6.45, 7) is 2.82. The minimum absolute atomic E-state index is 0.0205. The third-order valence-corrected chi connectivity index (χ3v) is 4.83. The molecule has 1 fully saturated rings. The molecule has 10 heteroatoms. The van der Waals surface area contributed by atoms with E-state index in [1.165, 1.54) is 12.1 Å². The molecule has 0 radical (unpaired) electrons. The van der Waals surface area contributed by atoms with E-state index in [2.05, 4.69) is 5.32 Å². The third-order valence-electron chi connectivity index (χ3n) is 4.83. The van der Waals surface area contributed by atoms with Crippen molar-refractivity contribution in [2.45, 2.75) is 13.1 Å². The van der Waals surface area contributed by atoms with Gasteiger partial charge in [-0.15, -0.1) is 0 Å². The number of nitrogen functional groups attached to an aromatic ring is 1. The van der Waals surface area contributed by atoms with E-state index in [1.807, 2.05) is 4.90 Å². The quantitative estimate of drug-likeness (QED) is 0.551. The Morgan fingerprint density at radius 3 is 2.58 bits per heavy atom. The predicted octanol–water partition coefficient (Wildman–Crippen LogP) is 3.23. The van der Waals surface area contributed by atoms with Crippen LogP contribution in [-0.4, -0.2) is 44.8 Å². The fraction of sp³-hybridized carbons (Fsp3) is 0.333. The molecule has 0 spiro atoms. The largest absolute Gasteiger partial charge is 0.452 e. The number of alkyl halides is 3. The summed E-state index contributed by atoms with van der Waals surface area (Å²) in [6, 6.07) is 7.94. The second kappa shape index (κ2) is 9.25. The summed E-state index contributed by atoms with van der Waals surface area (Å²) >= 11 is 0. The van der Waals surface area contributed by atoms with Crippen molar-refractivity contribution >= 4 is 28.9 Å². The number of hydrogen-bond donors (Lipinski definition) is 2. The average Bonchev–Trinajstić information content (AvgIpc) is 2.74. The number of rotatable bonds is 5. The molecule has 2 aromatic rings. The van der Waals surface area contributed by atoms with Gasteiger partial charge in [0.25, 0.3) is 5.91 Å². The first-order valence-corrected chi connectivity index (χ1v) is 9.53. The Morgan fingerprint density at radius 1 is 1.19 bits per heavy atom. The number of carbonyl (C=O) groups is 2. The zero-order valence-electron chi connectivity index (χ0n) is 16.8. The first kappa shape index (κ1) is 22.4.